The molecule has 0 spiro atoms. The molecule has 2 amide bonds. The summed E-state index contributed by atoms with van der Waals surface area (Å²) < 4.78 is 0. The quantitative estimate of drug-likeness (QED) is 0.660. The minimum absolute atomic E-state index is 0.128. The zero-order valence-corrected chi connectivity index (χ0v) is 8.43. The van der Waals surface area contributed by atoms with Crippen LogP contribution >= 0.6 is 0 Å². The number of amides is 2. The number of hydrogen-bond donors (Lipinski definition) is 1. The van der Waals surface area contributed by atoms with Gasteiger partial charge in [-0.15, -0.1) is 0 Å². The maximum atomic E-state index is 11.2. The third kappa shape index (κ3) is 2.67. The van der Waals surface area contributed by atoms with Gasteiger partial charge in [-0.25, -0.2) is 0 Å². The lowest BCUT2D eigenvalue weighted by Crippen LogP contribution is -2.34. The molecule has 0 fully saturated rings. The summed E-state index contributed by atoms with van der Waals surface area (Å²) in [5.74, 6) is -0.386. The van der Waals surface area contributed by atoms with Gasteiger partial charge < -0.3 is 5.11 Å². The van der Waals surface area contributed by atoms with Gasteiger partial charge in [0.1, 0.15) is 0 Å². The largest absolute Gasteiger partial charge is 0.393 e. The van der Waals surface area contributed by atoms with Crippen molar-refractivity contribution in [3.63, 3.8) is 0 Å². The molecule has 1 aliphatic heterocycles. The summed E-state index contributed by atoms with van der Waals surface area (Å²) in [5, 5.41) is 9.12. The first-order chi connectivity index (χ1) is 6.50. The van der Waals surface area contributed by atoms with Gasteiger partial charge >= 0.3 is 0 Å². The zero-order valence-electron chi connectivity index (χ0n) is 8.43. The molecular formula is C10H15NO3. The molecule has 2 unspecified atom stereocenters. The number of aliphatic hydroxyl groups excluding tert-OH is 1. The highest BCUT2D eigenvalue weighted by molar-refractivity contribution is 6.12. The Morgan fingerprint density at radius 2 is 1.79 bits per heavy atom. The van der Waals surface area contributed by atoms with Crippen LogP contribution in [0.1, 0.15) is 20.3 Å². The normalized spacial score (nSPS) is 20.4. The van der Waals surface area contributed by atoms with Gasteiger partial charge in [-0.2, -0.15) is 0 Å². The Labute approximate surface area is 83.2 Å². The average molecular weight is 197 g/mol. The molecule has 1 aliphatic rings. The fourth-order valence-electron chi connectivity index (χ4n) is 1.58. The minimum Gasteiger partial charge on any atom is -0.393 e. The molecule has 1 N–H and O–H groups in total. The molecule has 0 aliphatic carbocycles. The van der Waals surface area contributed by atoms with Crippen LogP contribution < -0.4 is 0 Å². The molecular weight excluding hydrogens is 182 g/mol. The van der Waals surface area contributed by atoms with Gasteiger partial charge in [0.25, 0.3) is 11.8 Å². The van der Waals surface area contributed by atoms with E-state index in [9.17, 15) is 9.59 Å². The number of carbonyl (C=O) groups excluding carboxylic acids is 2. The summed E-state index contributed by atoms with van der Waals surface area (Å²) in [6.07, 6.45) is 2.75. The summed E-state index contributed by atoms with van der Waals surface area (Å²) in [6.45, 7) is 3.99. The second-order valence-corrected chi connectivity index (χ2v) is 3.81. The molecule has 78 valence electrons. The van der Waals surface area contributed by atoms with E-state index >= 15 is 0 Å². The number of hydrogen-bond acceptors (Lipinski definition) is 3. The van der Waals surface area contributed by atoms with Gasteiger partial charge in [0.05, 0.1) is 6.10 Å². The van der Waals surface area contributed by atoms with Crippen molar-refractivity contribution in [2.45, 2.75) is 26.4 Å². The monoisotopic (exact) mass is 197 g/mol. The number of carbonyl (C=O) groups is 2. The summed E-state index contributed by atoms with van der Waals surface area (Å²) in [6, 6.07) is 0. The van der Waals surface area contributed by atoms with Gasteiger partial charge in [-0.1, -0.05) is 6.92 Å². The van der Waals surface area contributed by atoms with E-state index in [1.54, 1.807) is 6.92 Å². The first kappa shape index (κ1) is 10.9. The van der Waals surface area contributed by atoms with Crippen molar-refractivity contribution in [3.8, 4) is 0 Å². The molecule has 0 aromatic heterocycles. The first-order valence-electron chi connectivity index (χ1n) is 4.72. The van der Waals surface area contributed by atoms with Crippen LogP contribution in [-0.2, 0) is 9.59 Å². The smallest absolute Gasteiger partial charge is 0.253 e. The number of imide groups is 1. The van der Waals surface area contributed by atoms with E-state index in [0.717, 1.165) is 0 Å². The van der Waals surface area contributed by atoms with Crippen molar-refractivity contribution in [2.24, 2.45) is 5.92 Å². The molecule has 4 nitrogen and oxygen atoms in total. The van der Waals surface area contributed by atoms with E-state index in [1.807, 2.05) is 6.92 Å². The van der Waals surface area contributed by atoms with Gasteiger partial charge in [-0.05, 0) is 19.3 Å². The molecule has 4 heteroatoms. The molecule has 1 rings (SSSR count). The number of rotatable bonds is 4. The fraction of sp³-hybridized carbons (Fsp3) is 0.600. The third-order valence-corrected chi connectivity index (χ3v) is 2.14. The van der Waals surface area contributed by atoms with Gasteiger partial charge in [0.2, 0.25) is 0 Å². The molecule has 0 saturated heterocycles. The van der Waals surface area contributed by atoms with Gasteiger partial charge in [-0.3, -0.25) is 14.5 Å². The third-order valence-electron chi connectivity index (χ3n) is 2.14. The van der Waals surface area contributed by atoms with Crippen molar-refractivity contribution < 1.29 is 14.7 Å². The topological polar surface area (TPSA) is 57.6 Å². The number of aliphatic hydroxyl groups is 1. The SMILES string of the molecule is CC(O)CC(C)CN1C(=O)C=CC1=O. The maximum Gasteiger partial charge on any atom is 0.253 e. The van der Waals surface area contributed by atoms with E-state index in [1.165, 1.54) is 17.1 Å². The zero-order chi connectivity index (χ0) is 10.7. The van der Waals surface area contributed by atoms with E-state index in [0.29, 0.717) is 13.0 Å². The van der Waals surface area contributed by atoms with E-state index in [2.05, 4.69) is 0 Å². The predicted molar refractivity (Wildman–Crippen MR) is 51.3 cm³/mol. The second kappa shape index (κ2) is 4.37. The van der Waals surface area contributed by atoms with Crippen molar-refractivity contribution in [2.75, 3.05) is 6.54 Å². The highest BCUT2D eigenvalue weighted by Gasteiger charge is 2.24. The molecule has 0 saturated carbocycles. The Hall–Kier alpha value is -1.16. The van der Waals surface area contributed by atoms with Crippen molar-refractivity contribution >= 4 is 11.8 Å². The summed E-state index contributed by atoms with van der Waals surface area (Å²) in [4.78, 5) is 23.5. The summed E-state index contributed by atoms with van der Waals surface area (Å²) in [7, 11) is 0. The van der Waals surface area contributed by atoms with Crippen LogP contribution in [-0.4, -0.2) is 34.5 Å². The Balaban J connectivity index is 2.44. The van der Waals surface area contributed by atoms with Crippen LogP contribution in [0.4, 0.5) is 0 Å². The van der Waals surface area contributed by atoms with Crippen LogP contribution in [0.3, 0.4) is 0 Å². The lowest BCUT2D eigenvalue weighted by Gasteiger charge is -2.19. The van der Waals surface area contributed by atoms with Crippen molar-refractivity contribution in [1.82, 2.24) is 4.90 Å². The molecule has 0 aromatic rings. The Morgan fingerprint density at radius 1 is 1.29 bits per heavy atom. The lowest BCUT2D eigenvalue weighted by molar-refractivity contribution is -0.137. The first-order valence-corrected chi connectivity index (χ1v) is 4.72. The molecule has 2 atom stereocenters. The standard InChI is InChI=1S/C10H15NO3/c1-7(5-8(2)12)6-11-9(13)3-4-10(11)14/h3-4,7-8,12H,5-6H2,1-2H3. The highest BCUT2D eigenvalue weighted by Crippen LogP contribution is 2.12. The molecule has 0 bridgehead atoms. The van der Waals surface area contributed by atoms with Crippen molar-refractivity contribution in [1.29, 1.82) is 0 Å². The molecule has 0 aromatic carbocycles. The molecule has 0 radical (unpaired) electrons. The fourth-order valence-corrected chi connectivity index (χ4v) is 1.58. The summed E-state index contributed by atoms with van der Waals surface area (Å²) in [5.41, 5.74) is 0. The number of nitrogens with zero attached hydrogens (tertiary/aromatic N) is 1. The highest BCUT2D eigenvalue weighted by atomic mass is 16.3. The van der Waals surface area contributed by atoms with Crippen molar-refractivity contribution in [3.05, 3.63) is 12.2 Å². The predicted octanol–water partition coefficient (Wildman–Crippen LogP) is 0.318. The minimum atomic E-state index is -0.397. The van der Waals surface area contributed by atoms with E-state index < -0.39 is 6.10 Å². The summed E-state index contributed by atoms with van der Waals surface area (Å²) >= 11 is 0. The molecule has 1 heterocycles. The second-order valence-electron chi connectivity index (χ2n) is 3.81. The molecule has 14 heavy (non-hydrogen) atoms. The van der Waals surface area contributed by atoms with Crippen LogP contribution in [0.25, 0.3) is 0 Å². The van der Waals surface area contributed by atoms with Gasteiger partial charge in [0.15, 0.2) is 0 Å². The van der Waals surface area contributed by atoms with Gasteiger partial charge in [0, 0.05) is 18.7 Å². The Kier molecular flexibility index (Phi) is 3.41. The van der Waals surface area contributed by atoms with Crippen LogP contribution in [0.5, 0.6) is 0 Å². The van der Waals surface area contributed by atoms with Crippen LogP contribution in [0, 0.1) is 5.92 Å². The van der Waals surface area contributed by atoms with Crippen LogP contribution in [0.15, 0.2) is 12.2 Å². The van der Waals surface area contributed by atoms with Crippen LogP contribution in [0.2, 0.25) is 0 Å². The Bertz CT molecular complexity index is 253. The Morgan fingerprint density at radius 3 is 2.21 bits per heavy atom. The lowest BCUT2D eigenvalue weighted by atomic mass is 10.0. The van der Waals surface area contributed by atoms with E-state index in [-0.39, 0.29) is 17.7 Å². The average Bonchev–Trinajstić information content (AvgIpc) is 2.34. The maximum absolute atomic E-state index is 11.2. The van der Waals surface area contributed by atoms with E-state index in [4.69, 9.17) is 5.11 Å².